The van der Waals surface area contributed by atoms with Gasteiger partial charge >= 0.3 is 5.97 Å². The van der Waals surface area contributed by atoms with Gasteiger partial charge in [0.2, 0.25) is 5.95 Å². The third kappa shape index (κ3) is 2.68. The summed E-state index contributed by atoms with van der Waals surface area (Å²) in [7, 11) is 1.92. The number of carboxylic acids is 1. The normalized spacial score (nSPS) is 10.5. The molecule has 5 nitrogen and oxygen atoms in total. The van der Waals surface area contributed by atoms with Crippen LogP contribution in [0.3, 0.4) is 0 Å². The zero-order chi connectivity index (χ0) is 12.1. The Balaban J connectivity index is 2.84. The molecule has 0 bridgehead atoms. The largest absolute Gasteiger partial charge is 0.478 e. The van der Waals surface area contributed by atoms with E-state index >= 15 is 0 Å². The Morgan fingerprint density at radius 1 is 1.38 bits per heavy atom. The SMILES string of the molecule is CCC(CC)N(C)c1ncc(C(=O)O)cn1. The Morgan fingerprint density at radius 2 is 1.88 bits per heavy atom. The topological polar surface area (TPSA) is 66.3 Å². The van der Waals surface area contributed by atoms with E-state index in [1.54, 1.807) is 0 Å². The highest BCUT2D eigenvalue weighted by molar-refractivity contribution is 5.86. The Kier molecular flexibility index (Phi) is 4.22. The molecule has 0 spiro atoms. The molecular weight excluding hydrogens is 206 g/mol. The van der Waals surface area contributed by atoms with Crippen molar-refractivity contribution in [1.82, 2.24) is 9.97 Å². The Labute approximate surface area is 95.1 Å². The summed E-state index contributed by atoms with van der Waals surface area (Å²) in [5, 5.41) is 8.72. The van der Waals surface area contributed by atoms with Crippen molar-refractivity contribution in [2.75, 3.05) is 11.9 Å². The van der Waals surface area contributed by atoms with Crippen molar-refractivity contribution < 1.29 is 9.90 Å². The summed E-state index contributed by atoms with van der Waals surface area (Å²) in [6.45, 7) is 4.21. The van der Waals surface area contributed by atoms with Gasteiger partial charge in [-0.2, -0.15) is 0 Å². The van der Waals surface area contributed by atoms with Gasteiger partial charge in [0.15, 0.2) is 0 Å². The second kappa shape index (κ2) is 5.44. The van der Waals surface area contributed by atoms with Crippen molar-refractivity contribution >= 4 is 11.9 Å². The summed E-state index contributed by atoms with van der Waals surface area (Å²) in [6, 6.07) is 0.385. The van der Waals surface area contributed by atoms with Crippen LogP contribution in [0.15, 0.2) is 12.4 Å². The van der Waals surface area contributed by atoms with Crippen molar-refractivity contribution in [3.05, 3.63) is 18.0 Å². The number of carboxylic acid groups (broad SMARTS) is 1. The number of hydrogen-bond donors (Lipinski definition) is 1. The molecule has 1 aromatic heterocycles. The molecule has 0 aromatic carbocycles. The lowest BCUT2D eigenvalue weighted by molar-refractivity contribution is 0.0696. The number of aromatic nitrogens is 2. The van der Waals surface area contributed by atoms with Gasteiger partial charge in [0.05, 0.1) is 5.56 Å². The van der Waals surface area contributed by atoms with Gasteiger partial charge < -0.3 is 10.0 Å². The maximum Gasteiger partial charge on any atom is 0.338 e. The van der Waals surface area contributed by atoms with Crippen LogP contribution in [0.1, 0.15) is 37.0 Å². The average molecular weight is 223 g/mol. The van der Waals surface area contributed by atoms with Crippen LogP contribution in [-0.4, -0.2) is 34.1 Å². The van der Waals surface area contributed by atoms with Crippen LogP contribution in [0.4, 0.5) is 5.95 Å². The molecule has 1 rings (SSSR count). The predicted molar refractivity (Wildman–Crippen MR) is 61.8 cm³/mol. The number of anilines is 1. The number of aromatic carboxylic acids is 1. The first kappa shape index (κ1) is 12.4. The Bertz CT molecular complexity index is 347. The number of hydrogen-bond acceptors (Lipinski definition) is 4. The van der Waals surface area contributed by atoms with Gasteiger partial charge in [0, 0.05) is 25.5 Å². The van der Waals surface area contributed by atoms with Crippen molar-refractivity contribution in [2.45, 2.75) is 32.7 Å². The number of carbonyl (C=O) groups is 1. The highest BCUT2D eigenvalue weighted by Gasteiger charge is 2.14. The molecule has 16 heavy (non-hydrogen) atoms. The van der Waals surface area contributed by atoms with Gasteiger partial charge in [-0.25, -0.2) is 14.8 Å². The molecule has 0 unspecified atom stereocenters. The first-order chi connectivity index (χ1) is 7.60. The lowest BCUT2D eigenvalue weighted by Gasteiger charge is -2.25. The van der Waals surface area contributed by atoms with E-state index in [4.69, 9.17) is 5.11 Å². The second-order valence-corrected chi connectivity index (χ2v) is 3.66. The fraction of sp³-hybridized carbons (Fsp3) is 0.545. The maximum absolute atomic E-state index is 10.6. The van der Waals surface area contributed by atoms with E-state index < -0.39 is 5.97 Å². The van der Waals surface area contributed by atoms with E-state index in [1.807, 2.05) is 11.9 Å². The molecule has 0 saturated heterocycles. The summed E-state index contributed by atoms with van der Waals surface area (Å²) >= 11 is 0. The molecule has 0 aliphatic heterocycles. The maximum atomic E-state index is 10.6. The molecule has 0 aliphatic carbocycles. The van der Waals surface area contributed by atoms with Gasteiger partial charge in [0.1, 0.15) is 0 Å². The smallest absolute Gasteiger partial charge is 0.338 e. The van der Waals surface area contributed by atoms with E-state index in [2.05, 4.69) is 23.8 Å². The minimum atomic E-state index is -1.00. The fourth-order valence-corrected chi connectivity index (χ4v) is 1.61. The predicted octanol–water partition coefficient (Wildman–Crippen LogP) is 1.80. The molecule has 0 fully saturated rings. The molecule has 0 aliphatic rings. The van der Waals surface area contributed by atoms with Crippen LogP contribution in [0, 0.1) is 0 Å². The molecule has 1 heterocycles. The van der Waals surface area contributed by atoms with Crippen LogP contribution in [0.2, 0.25) is 0 Å². The zero-order valence-corrected chi connectivity index (χ0v) is 9.84. The standard InChI is InChI=1S/C11H17N3O2/c1-4-9(5-2)14(3)11-12-6-8(7-13-11)10(15)16/h6-7,9H,4-5H2,1-3H3,(H,15,16). The monoisotopic (exact) mass is 223 g/mol. The minimum Gasteiger partial charge on any atom is -0.478 e. The molecule has 0 atom stereocenters. The highest BCUT2D eigenvalue weighted by atomic mass is 16.4. The fourth-order valence-electron chi connectivity index (χ4n) is 1.61. The van der Waals surface area contributed by atoms with Crippen molar-refractivity contribution in [2.24, 2.45) is 0 Å². The van der Waals surface area contributed by atoms with Gasteiger partial charge in [0.25, 0.3) is 0 Å². The van der Waals surface area contributed by atoms with Crippen LogP contribution >= 0.6 is 0 Å². The first-order valence-corrected chi connectivity index (χ1v) is 5.38. The third-order valence-corrected chi connectivity index (χ3v) is 2.69. The summed E-state index contributed by atoms with van der Waals surface area (Å²) in [5.41, 5.74) is 0.113. The van der Waals surface area contributed by atoms with Crippen molar-refractivity contribution in [1.29, 1.82) is 0 Å². The summed E-state index contributed by atoms with van der Waals surface area (Å²) in [4.78, 5) is 20.7. The molecular formula is C11H17N3O2. The average Bonchev–Trinajstić information content (AvgIpc) is 2.30. The van der Waals surface area contributed by atoms with E-state index in [-0.39, 0.29) is 5.56 Å². The quantitative estimate of drug-likeness (QED) is 0.824. The lowest BCUT2D eigenvalue weighted by Crippen LogP contribution is -2.31. The molecule has 0 amide bonds. The van der Waals surface area contributed by atoms with Crippen LogP contribution in [-0.2, 0) is 0 Å². The van der Waals surface area contributed by atoms with Gasteiger partial charge in [-0.15, -0.1) is 0 Å². The number of nitrogens with zero attached hydrogens (tertiary/aromatic N) is 3. The van der Waals surface area contributed by atoms with Gasteiger partial charge in [-0.3, -0.25) is 0 Å². The molecule has 1 N–H and O–H groups in total. The number of rotatable bonds is 5. The summed E-state index contributed by atoms with van der Waals surface area (Å²) in [6.07, 6.45) is 4.70. The minimum absolute atomic E-state index is 0.113. The van der Waals surface area contributed by atoms with Crippen LogP contribution in [0.25, 0.3) is 0 Å². The van der Waals surface area contributed by atoms with Crippen molar-refractivity contribution in [3.8, 4) is 0 Å². The van der Waals surface area contributed by atoms with Crippen LogP contribution in [0.5, 0.6) is 0 Å². The zero-order valence-electron chi connectivity index (χ0n) is 9.84. The van der Waals surface area contributed by atoms with Gasteiger partial charge in [-0.1, -0.05) is 13.8 Å². The summed E-state index contributed by atoms with van der Waals surface area (Å²) in [5.74, 6) is -0.435. The summed E-state index contributed by atoms with van der Waals surface area (Å²) < 4.78 is 0. The molecule has 0 radical (unpaired) electrons. The van der Waals surface area contributed by atoms with E-state index in [9.17, 15) is 4.79 Å². The first-order valence-electron chi connectivity index (χ1n) is 5.38. The van der Waals surface area contributed by atoms with E-state index in [1.165, 1.54) is 12.4 Å². The van der Waals surface area contributed by atoms with E-state index in [0.717, 1.165) is 12.8 Å². The lowest BCUT2D eigenvalue weighted by atomic mass is 10.1. The molecule has 88 valence electrons. The third-order valence-electron chi connectivity index (χ3n) is 2.69. The Hall–Kier alpha value is -1.65. The van der Waals surface area contributed by atoms with Crippen molar-refractivity contribution in [3.63, 3.8) is 0 Å². The Morgan fingerprint density at radius 3 is 2.25 bits per heavy atom. The second-order valence-electron chi connectivity index (χ2n) is 3.66. The molecule has 5 heteroatoms. The molecule has 1 aromatic rings. The van der Waals surface area contributed by atoms with Gasteiger partial charge in [-0.05, 0) is 12.8 Å². The highest BCUT2D eigenvalue weighted by Crippen LogP contribution is 2.13. The molecule has 0 saturated carbocycles. The van der Waals surface area contributed by atoms with E-state index in [0.29, 0.717) is 12.0 Å². The van der Waals surface area contributed by atoms with Crippen LogP contribution < -0.4 is 4.90 Å².